The number of hydrogen-bond donors (Lipinski definition) is 2. The molecule has 3 rings (SSSR count). The molecule has 3 N–H and O–H groups in total. The van der Waals surface area contributed by atoms with Crippen molar-refractivity contribution >= 4 is 38.8 Å². The number of amides is 1. The molecule has 0 aliphatic rings. The maximum absolute atomic E-state index is 12.0. The Hall–Kier alpha value is -2.40. The van der Waals surface area contributed by atoms with Crippen LogP contribution in [0.2, 0.25) is 0 Å². The Morgan fingerprint density at radius 3 is 2.80 bits per heavy atom. The molecule has 20 heavy (non-hydrogen) atoms. The molecule has 0 aliphatic heterocycles. The van der Waals surface area contributed by atoms with E-state index in [9.17, 15) is 4.79 Å². The van der Waals surface area contributed by atoms with Gasteiger partial charge >= 0.3 is 0 Å². The number of rotatable bonds is 3. The Morgan fingerprint density at radius 1 is 1.20 bits per heavy atom. The Balaban J connectivity index is 1.81. The van der Waals surface area contributed by atoms with Gasteiger partial charge in [0.25, 0.3) is 0 Å². The number of benzene rings is 2. The molecule has 100 valence electrons. The maximum atomic E-state index is 12.0. The van der Waals surface area contributed by atoms with Crippen molar-refractivity contribution in [2.24, 2.45) is 0 Å². The zero-order chi connectivity index (χ0) is 13.9. The molecule has 0 radical (unpaired) electrons. The minimum Gasteiger partial charge on any atom is -0.375 e. The molecule has 4 nitrogen and oxygen atoms in total. The number of nitrogens with zero attached hydrogens (tertiary/aromatic N) is 1. The van der Waals surface area contributed by atoms with Crippen molar-refractivity contribution in [3.63, 3.8) is 0 Å². The molecule has 1 amide bonds. The minimum absolute atomic E-state index is 0.0911. The first-order valence-corrected chi connectivity index (χ1v) is 7.08. The summed E-state index contributed by atoms with van der Waals surface area (Å²) in [6.45, 7) is 0. The predicted octanol–water partition coefficient (Wildman–Crippen LogP) is 3.06. The van der Waals surface area contributed by atoms with Gasteiger partial charge in [-0.2, -0.15) is 0 Å². The van der Waals surface area contributed by atoms with E-state index in [1.165, 1.54) is 11.3 Å². The van der Waals surface area contributed by atoms with Crippen LogP contribution in [-0.4, -0.2) is 10.9 Å². The summed E-state index contributed by atoms with van der Waals surface area (Å²) in [5, 5.41) is 7.34. The van der Waals surface area contributed by atoms with Gasteiger partial charge in [-0.15, -0.1) is 11.3 Å². The molecule has 1 heterocycles. The normalized spacial score (nSPS) is 10.6. The fourth-order valence-corrected chi connectivity index (χ4v) is 2.66. The van der Waals surface area contributed by atoms with Gasteiger partial charge in [0.2, 0.25) is 5.91 Å². The van der Waals surface area contributed by atoms with Crippen LogP contribution in [0.3, 0.4) is 0 Å². The molecule has 0 bridgehead atoms. The molecule has 0 fully saturated rings. The van der Waals surface area contributed by atoms with Gasteiger partial charge in [-0.1, -0.05) is 36.4 Å². The minimum atomic E-state index is -0.0911. The number of carbonyl (C=O) groups is 1. The van der Waals surface area contributed by atoms with Crippen molar-refractivity contribution < 1.29 is 4.79 Å². The highest BCUT2D eigenvalue weighted by Gasteiger charge is 2.08. The van der Waals surface area contributed by atoms with Crippen LogP contribution in [0.4, 0.5) is 10.8 Å². The lowest BCUT2D eigenvalue weighted by Crippen LogP contribution is -2.14. The van der Waals surface area contributed by atoms with Gasteiger partial charge in [0, 0.05) is 16.5 Å². The summed E-state index contributed by atoms with van der Waals surface area (Å²) in [6.07, 6.45) is 0.233. The summed E-state index contributed by atoms with van der Waals surface area (Å²) in [4.78, 5) is 16.1. The van der Waals surface area contributed by atoms with Gasteiger partial charge in [0.1, 0.15) is 0 Å². The van der Waals surface area contributed by atoms with E-state index >= 15 is 0 Å². The van der Waals surface area contributed by atoms with Crippen molar-refractivity contribution in [3.8, 4) is 0 Å². The summed E-state index contributed by atoms with van der Waals surface area (Å²) in [5.41, 5.74) is 7.07. The molecule has 0 unspecified atom stereocenters. The molecule has 0 saturated carbocycles. The van der Waals surface area contributed by atoms with Crippen LogP contribution in [0.25, 0.3) is 10.8 Å². The van der Waals surface area contributed by atoms with E-state index in [2.05, 4.69) is 10.3 Å². The maximum Gasteiger partial charge on any atom is 0.230 e. The van der Waals surface area contributed by atoms with Crippen molar-refractivity contribution in [1.29, 1.82) is 0 Å². The monoisotopic (exact) mass is 283 g/mol. The van der Waals surface area contributed by atoms with E-state index in [0.29, 0.717) is 10.8 Å². The van der Waals surface area contributed by atoms with Crippen molar-refractivity contribution in [2.75, 3.05) is 11.1 Å². The standard InChI is InChI=1S/C15H13N3OS/c16-15-17-11(9-20-15)8-14(19)18-13-7-3-5-10-4-1-2-6-12(10)13/h1-7,9H,8H2,(H2,16,17)(H,18,19). The first-order chi connectivity index (χ1) is 9.72. The van der Waals surface area contributed by atoms with E-state index in [4.69, 9.17) is 5.73 Å². The van der Waals surface area contributed by atoms with Crippen LogP contribution in [0, 0.1) is 0 Å². The van der Waals surface area contributed by atoms with E-state index < -0.39 is 0 Å². The van der Waals surface area contributed by atoms with Crippen LogP contribution < -0.4 is 11.1 Å². The SMILES string of the molecule is Nc1nc(CC(=O)Nc2cccc3ccccc23)cs1. The van der Waals surface area contributed by atoms with E-state index in [0.717, 1.165) is 16.5 Å². The summed E-state index contributed by atoms with van der Waals surface area (Å²) in [6, 6.07) is 13.8. The van der Waals surface area contributed by atoms with Crippen LogP contribution in [-0.2, 0) is 11.2 Å². The molecule has 0 saturated heterocycles. The van der Waals surface area contributed by atoms with Gasteiger partial charge in [-0.3, -0.25) is 4.79 Å². The molecule has 0 atom stereocenters. The summed E-state index contributed by atoms with van der Waals surface area (Å²) in [7, 11) is 0. The molecule has 1 aromatic heterocycles. The summed E-state index contributed by atoms with van der Waals surface area (Å²) < 4.78 is 0. The second-order valence-electron chi connectivity index (χ2n) is 4.43. The number of fused-ring (bicyclic) bond motifs is 1. The topological polar surface area (TPSA) is 68.0 Å². The van der Waals surface area contributed by atoms with Gasteiger partial charge < -0.3 is 11.1 Å². The third-order valence-electron chi connectivity index (χ3n) is 2.97. The number of nitrogen functional groups attached to an aromatic ring is 1. The number of nitrogens with one attached hydrogen (secondary N) is 1. The van der Waals surface area contributed by atoms with E-state index in [1.807, 2.05) is 42.5 Å². The zero-order valence-electron chi connectivity index (χ0n) is 10.7. The highest BCUT2D eigenvalue weighted by molar-refractivity contribution is 7.13. The van der Waals surface area contributed by atoms with Crippen LogP contribution in [0.1, 0.15) is 5.69 Å². The van der Waals surface area contributed by atoms with E-state index in [1.54, 1.807) is 5.38 Å². The van der Waals surface area contributed by atoms with Gasteiger partial charge in [-0.25, -0.2) is 4.98 Å². The van der Waals surface area contributed by atoms with Crippen molar-refractivity contribution in [1.82, 2.24) is 4.98 Å². The quantitative estimate of drug-likeness (QED) is 0.776. The fraction of sp³-hybridized carbons (Fsp3) is 0.0667. The Morgan fingerprint density at radius 2 is 2.00 bits per heavy atom. The second-order valence-corrected chi connectivity index (χ2v) is 5.32. The van der Waals surface area contributed by atoms with Gasteiger partial charge in [0.05, 0.1) is 12.1 Å². The zero-order valence-corrected chi connectivity index (χ0v) is 11.5. The lowest BCUT2D eigenvalue weighted by molar-refractivity contribution is -0.115. The molecular weight excluding hydrogens is 270 g/mol. The number of nitrogens with two attached hydrogens (primary N) is 1. The Labute approximate surface area is 120 Å². The number of thiazole rings is 1. The van der Waals surface area contributed by atoms with E-state index in [-0.39, 0.29) is 12.3 Å². The van der Waals surface area contributed by atoms with Crippen LogP contribution in [0.5, 0.6) is 0 Å². The highest BCUT2D eigenvalue weighted by Crippen LogP contribution is 2.23. The number of anilines is 2. The number of carbonyl (C=O) groups excluding carboxylic acids is 1. The third-order valence-corrected chi connectivity index (χ3v) is 3.70. The van der Waals surface area contributed by atoms with Gasteiger partial charge in [0.15, 0.2) is 5.13 Å². The molecule has 5 heteroatoms. The smallest absolute Gasteiger partial charge is 0.230 e. The Bertz CT molecular complexity index is 761. The van der Waals surface area contributed by atoms with Crippen LogP contribution in [0.15, 0.2) is 47.8 Å². The molecule has 3 aromatic rings. The first kappa shape index (κ1) is 12.6. The largest absolute Gasteiger partial charge is 0.375 e. The predicted molar refractivity (Wildman–Crippen MR) is 82.8 cm³/mol. The molecular formula is C15H13N3OS. The van der Waals surface area contributed by atoms with Crippen LogP contribution >= 0.6 is 11.3 Å². The van der Waals surface area contributed by atoms with Gasteiger partial charge in [-0.05, 0) is 11.5 Å². The Kier molecular flexibility index (Phi) is 3.35. The van der Waals surface area contributed by atoms with Crippen molar-refractivity contribution in [2.45, 2.75) is 6.42 Å². The number of hydrogen-bond acceptors (Lipinski definition) is 4. The van der Waals surface area contributed by atoms with Crippen molar-refractivity contribution in [3.05, 3.63) is 53.5 Å². The highest BCUT2D eigenvalue weighted by atomic mass is 32.1. The fourth-order valence-electron chi connectivity index (χ4n) is 2.10. The lowest BCUT2D eigenvalue weighted by atomic mass is 10.1. The second kappa shape index (κ2) is 5.30. The summed E-state index contributed by atoms with van der Waals surface area (Å²) in [5.74, 6) is -0.0911. The average Bonchev–Trinajstić information content (AvgIpc) is 2.84. The molecule has 0 aliphatic carbocycles. The third kappa shape index (κ3) is 2.62. The number of aromatic nitrogens is 1. The average molecular weight is 283 g/mol. The molecule has 0 spiro atoms. The first-order valence-electron chi connectivity index (χ1n) is 6.20. The molecule has 2 aromatic carbocycles. The summed E-state index contributed by atoms with van der Waals surface area (Å²) >= 11 is 1.34. The lowest BCUT2D eigenvalue weighted by Gasteiger charge is -2.08.